The number of hydrogen-bond acceptors (Lipinski definition) is 9. The van der Waals surface area contributed by atoms with Crippen molar-refractivity contribution in [1.82, 2.24) is 15.0 Å². The Morgan fingerprint density at radius 3 is 2.50 bits per heavy atom. The van der Waals surface area contributed by atoms with Gasteiger partial charge in [-0.15, -0.1) is 34.0 Å². The van der Waals surface area contributed by atoms with E-state index in [4.69, 9.17) is 9.84 Å². The second kappa shape index (κ2) is 6.61. The van der Waals surface area contributed by atoms with Gasteiger partial charge in [-0.2, -0.15) is 0 Å². The van der Waals surface area contributed by atoms with E-state index in [1.165, 1.54) is 34.0 Å². The summed E-state index contributed by atoms with van der Waals surface area (Å²) in [4.78, 5) is 24.7. The van der Waals surface area contributed by atoms with Gasteiger partial charge in [0.05, 0.1) is 13.2 Å². The van der Waals surface area contributed by atoms with E-state index in [1.54, 1.807) is 12.3 Å². The minimum Gasteiger partial charge on any atom is -0.461 e. The van der Waals surface area contributed by atoms with Crippen molar-refractivity contribution in [3.8, 4) is 21.4 Å². The predicted octanol–water partition coefficient (Wildman–Crippen LogP) is 3.06. The van der Waals surface area contributed by atoms with E-state index < -0.39 is 5.97 Å². The topological polar surface area (TPSA) is 85.2 Å². The molecule has 0 aliphatic rings. The molecule has 0 radical (unpaired) electrons. The van der Waals surface area contributed by atoms with Crippen LogP contribution in [0.25, 0.3) is 21.4 Å². The zero-order valence-electron chi connectivity index (χ0n) is 11.5. The zero-order chi connectivity index (χ0) is 15.5. The smallest absolute Gasteiger partial charge is 0.357 e. The largest absolute Gasteiger partial charge is 0.461 e. The third-order valence-electron chi connectivity index (χ3n) is 2.62. The van der Waals surface area contributed by atoms with Gasteiger partial charge in [0.15, 0.2) is 5.69 Å². The average molecular weight is 353 g/mol. The molecule has 3 rings (SSSR count). The first kappa shape index (κ1) is 15.2. The van der Waals surface area contributed by atoms with Crippen LogP contribution in [0.5, 0.6) is 0 Å². The molecular weight excluding hydrogens is 342 g/mol. The molecule has 0 aromatic carbocycles. The summed E-state index contributed by atoms with van der Waals surface area (Å²) in [7, 11) is 0. The Kier molecular flexibility index (Phi) is 4.57. The highest BCUT2D eigenvalue weighted by Crippen LogP contribution is 2.31. The third kappa shape index (κ3) is 3.07. The molecule has 1 N–H and O–H groups in total. The molecular formula is C13H11N3O3S3. The zero-order valence-corrected chi connectivity index (χ0v) is 13.9. The number of nitrogens with zero attached hydrogens (tertiary/aromatic N) is 3. The van der Waals surface area contributed by atoms with Gasteiger partial charge in [-0.3, -0.25) is 0 Å². The lowest BCUT2D eigenvalue weighted by atomic mass is 10.4. The van der Waals surface area contributed by atoms with E-state index in [0.29, 0.717) is 28.0 Å². The van der Waals surface area contributed by atoms with Gasteiger partial charge in [0, 0.05) is 16.1 Å². The van der Waals surface area contributed by atoms with Crippen LogP contribution >= 0.6 is 34.0 Å². The molecule has 0 bridgehead atoms. The van der Waals surface area contributed by atoms with Gasteiger partial charge in [0.1, 0.15) is 26.4 Å². The second-order valence-electron chi connectivity index (χ2n) is 4.08. The Bertz CT molecular complexity index is 793. The second-order valence-corrected chi connectivity index (χ2v) is 6.74. The molecule has 0 fully saturated rings. The normalized spacial score (nSPS) is 10.8. The number of rotatable bonds is 5. The summed E-state index contributed by atoms with van der Waals surface area (Å²) >= 11 is 4.19. The molecule has 0 unspecified atom stereocenters. The van der Waals surface area contributed by atoms with E-state index >= 15 is 0 Å². The summed E-state index contributed by atoms with van der Waals surface area (Å²) in [6.45, 7) is 2.01. The highest BCUT2D eigenvalue weighted by atomic mass is 32.1. The molecule has 3 aromatic heterocycles. The van der Waals surface area contributed by atoms with Gasteiger partial charge in [-0.05, 0) is 6.92 Å². The summed E-state index contributed by atoms with van der Waals surface area (Å²) < 4.78 is 4.92. The monoisotopic (exact) mass is 353 g/mol. The fourth-order valence-electron chi connectivity index (χ4n) is 1.66. The molecule has 0 aliphatic carbocycles. The summed E-state index contributed by atoms with van der Waals surface area (Å²) in [6.07, 6.45) is 0. The fourth-order valence-corrected chi connectivity index (χ4v) is 3.96. The molecule has 3 heterocycles. The van der Waals surface area contributed by atoms with Gasteiger partial charge in [0.2, 0.25) is 0 Å². The quantitative estimate of drug-likeness (QED) is 0.710. The molecule has 0 saturated heterocycles. The van der Waals surface area contributed by atoms with Gasteiger partial charge in [0.25, 0.3) is 0 Å². The maximum atomic E-state index is 11.6. The summed E-state index contributed by atoms with van der Waals surface area (Å²) in [6, 6.07) is 0. The van der Waals surface area contributed by atoms with Crippen molar-refractivity contribution in [1.29, 1.82) is 0 Å². The molecule has 0 amide bonds. The van der Waals surface area contributed by atoms with Gasteiger partial charge in [-0.25, -0.2) is 19.7 Å². The Morgan fingerprint density at radius 1 is 1.09 bits per heavy atom. The SMILES string of the molecule is CCOC(=O)c1csc(-c2csc(-c3csc(CO)n3)n2)n1. The first-order valence-corrected chi connectivity index (χ1v) is 8.99. The molecule has 0 atom stereocenters. The van der Waals surface area contributed by atoms with Crippen LogP contribution in [0.4, 0.5) is 0 Å². The summed E-state index contributed by atoms with van der Waals surface area (Å²) in [5.74, 6) is -0.424. The number of ether oxygens (including phenoxy) is 1. The molecule has 3 aromatic rings. The predicted molar refractivity (Wildman–Crippen MR) is 86.2 cm³/mol. The molecule has 6 nitrogen and oxygen atoms in total. The number of esters is 1. The van der Waals surface area contributed by atoms with Crippen molar-refractivity contribution in [3.63, 3.8) is 0 Å². The van der Waals surface area contributed by atoms with Crippen LogP contribution in [-0.2, 0) is 11.3 Å². The summed E-state index contributed by atoms with van der Waals surface area (Å²) in [5, 5.41) is 16.6. The molecule has 0 saturated carbocycles. The Balaban J connectivity index is 1.83. The molecule has 22 heavy (non-hydrogen) atoms. The van der Waals surface area contributed by atoms with Crippen LogP contribution < -0.4 is 0 Å². The van der Waals surface area contributed by atoms with E-state index in [-0.39, 0.29) is 6.61 Å². The first-order valence-electron chi connectivity index (χ1n) is 6.35. The minimum absolute atomic E-state index is 0.0712. The van der Waals surface area contributed by atoms with Crippen LogP contribution in [0, 0.1) is 0 Å². The number of hydrogen-bond donors (Lipinski definition) is 1. The van der Waals surface area contributed by atoms with Gasteiger partial charge < -0.3 is 9.84 Å². The number of carbonyl (C=O) groups excluding carboxylic acids is 1. The van der Waals surface area contributed by atoms with E-state index in [0.717, 1.165) is 10.7 Å². The van der Waals surface area contributed by atoms with Crippen LogP contribution in [0.1, 0.15) is 22.4 Å². The van der Waals surface area contributed by atoms with Crippen LogP contribution in [-0.4, -0.2) is 32.6 Å². The number of thiazole rings is 3. The number of carbonyl (C=O) groups is 1. The van der Waals surface area contributed by atoms with Crippen LogP contribution in [0.15, 0.2) is 16.1 Å². The lowest BCUT2D eigenvalue weighted by Gasteiger charge is -1.95. The van der Waals surface area contributed by atoms with E-state index in [9.17, 15) is 4.79 Å². The number of aliphatic hydroxyl groups excluding tert-OH is 1. The van der Waals surface area contributed by atoms with Gasteiger partial charge in [-0.1, -0.05) is 0 Å². The van der Waals surface area contributed by atoms with Crippen molar-refractivity contribution >= 4 is 40.0 Å². The van der Waals surface area contributed by atoms with Crippen molar-refractivity contribution < 1.29 is 14.6 Å². The lowest BCUT2D eigenvalue weighted by molar-refractivity contribution is 0.0520. The minimum atomic E-state index is -0.424. The first-order chi connectivity index (χ1) is 10.7. The number of aliphatic hydroxyl groups is 1. The Morgan fingerprint density at radius 2 is 1.77 bits per heavy atom. The lowest BCUT2D eigenvalue weighted by Crippen LogP contribution is -2.04. The van der Waals surface area contributed by atoms with Crippen molar-refractivity contribution in [2.45, 2.75) is 13.5 Å². The summed E-state index contributed by atoms with van der Waals surface area (Å²) in [5.41, 5.74) is 1.75. The van der Waals surface area contributed by atoms with Gasteiger partial charge >= 0.3 is 5.97 Å². The average Bonchev–Trinajstić information content (AvgIpc) is 3.25. The molecule has 0 aliphatic heterocycles. The van der Waals surface area contributed by atoms with Crippen LogP contribution in [0.2, 0.25) is 0 Å². The van der Waals surface area contributed by atoms with E-state index in [2.05, 4.69) is 15.0 Å². The van der Waals surface area contributed by atoms with E-state index in [1.807, 2.05) is 10.8 Å². The molecule has 0 spiro atoms. The van der Waals surface area contributed by atoms with Crippen LogP contribution in [0.3, 0.4) is 0 Å². The Hall–Kier alpha value is -1.68. The van der Waals surface area contributed by atoms with Crippen molar-refractivity contribution in [3.05, 3.63) is 26.8 Å². The molecule has 9 heteroatoms. The Labute approximate surface area is 138 Å². The highest BCUT2D eigenvalue weighted by Gasteiger charge is 2.16. The maximum absolute atomic E-state index is 11.6. The van der Waals surface area contributed by atoms with Crippen molar-refractivity contribution in [2.24, 2.45) is 0 Å². The van der Waals surface area contributed by atoms with Crippen molar-refractivity contribution in [2.75, 3.05) is 6.61 Å². The third-order valence-corrected chi connectivity index (χ3v) is 5.18. The molecule has 114 valence electrons. The maximum Gasteiger partial charge on any atom is 0.357 e. The fraction of sp³-hybridized carbons (Fsp3) is 0.231. The highest BCUT2D eigenvalue weighted by molar-refractivity contribution is 7.16. The number of aromatic nitrogens is 3. The standard InChI is InChI=1S/C13H11N3O3S3/c1-2-19-13(18)9-6-22-12(16-9)8-5-21-11(15-8)7-4-20-10(3-17)14-7/h4-6,17H,2-3H2,1H3.